The largest absolute Gasteiger partial charge is 0.391 e. The fourth-order valence-electron chi connectivity index (χ4n) is 4.48. The molecule has 4 atom stereocenters. The van der Waals surface area contributed by atoms with Crippen LogP contribution >= 0.6 is 0 Å². The number of hydrogen-bond acceptors (Lipinski definition) is 3. The fourth-order valence-corrected chi connectivity index (χ4v) is 4.48. The number of aliphatic hydroxyl groups excluding tert-OH is 1. The minimum absolute atomic E-state index is 0.0806. The molecule has 110 valence electrons. The maximum atomic E-state index is 10.4. The molecule has 3 fully saturated rings. The van der Waals surface area contributed by atoms with Crippen LogP contribution in [0.4, 0.5) is 0 Å². The van der Waals surface area contributed by atoms with E-state index in [-0.39, 0.29) is 6.10 Å². The maximum Gasteiger partial charge on any atom is 0.0695 e. The summed E-state index contributed by atoms with van der Waals surface area (Å²) >= 11 is 0. The highest BCUT2D eigenvalue weighted by Gasteiger charge is 2.39. The van der Waals surface area contributed by atoms with E-state index in [4.69, 9.17) is 0 Å². The Hall–Kier alpha value is -0.120. The van der Waals surface area contributed by atoms with Crippen molar-refractivity contribution in [3.05, 3.63) is 0 Å². The van der Waals surface area contributed by atoms with Crippen LogP contribution in [-0.2, 0) is 0 Å². The Balaban J connectivity index is 1.63. The predicted molar refractivity (Wildman–Crippen MR) is 78.1 cm³/mol. The standard InChI is InChI=1S/C16H30N2O/c1-12(2)13-5-6-16(19)15(10-13)18-9-8-17-7-3-4-14(17)11-18/h12-16,19H,3-11H2,1-2H3. The Labute approximate surface area is 118 Å². The number of aliphatic hydroxyl groups is 1. The highest BCUT2D eigenvalue weighted by atomic mass is 16.3. The average Bonchev–Trinajstić information content (AvgIpc) is 2.86. The van der Waals surface area contributed by atoms with Gasteiger partial charge in [0.05, 0.1) is 6.10 Å². The van der Waals surface area contributed by atoms with Crippen LogP contribution in [0, 0.1) is 11.8 Å². The lowest BCUT2D eigenvalue weighted by Gasteiger charge is -2.46. The first kappa shape index (κ1) is 13.8. The second-order valence-corrected chi connectivity index (χ2v) is 7.28. The molecule has 0 aromatic heterocycles. The van der Waals surface area contributed by atoms with Crippen molar-refractivity contribution in [2.45, 2.75) is 64.1 Å². The molecule has 3 heteroatoms. The van der Waals surface area contributed by atoms with Crippen LogP contribution in [0.1, 0.15) is 46.0 Å². The van der Waals surface area contributed by atoms with Gasteiger partial charge in [-0.25, -0.2) is 0 Å². The van der Waals surface area contributed by atoms with Crippen molar-refractivity contribution in [1.82, 2.24) is 9.80 Å². The van der Waals surface area contributed by atoms with E-state index in [0.717, 1.165) is 24.3 Å². The lowest BCUT2D eigenvalue weighted by Crippen LogP contribution is -2.57. The van der Waals surface area contributed by atoms with Crippen LogP contribution in [0.2, 0.25) is 0 Å². The quantitative estimate of drug-likeness (QED) is 0.827. The zero-order valence-corrected chi connectivity index (χ0v) is 12.6. The van der Waals surface area contributed by atoms with E-state index >= 15 is 0 Å². The monoisotopic (exact) mass is 266 g/mol. The van der Waals surface area contributed by atoms with E-state index in [2.05, 4.69) is 23.6 Å². The zero-order chi connectivity index (χ0) is 13.4. The van der Waals surface area contributed by atoms with Crippen LogP contribution in [0.15, 0.2) is 0 Å². The molecule has 1 N–H and O–H groups in total. The van der Waals surface area contributed by atoms with Crippen molar-refractivity contribution in [3.8, 4) is 0 Å². The first-order chi connectivity index (χ1) is 9.15. The molecule has 0 aromatic carbocycles. The summed E-state index contributed by atoms with van der Waals surface area (Å²) in [6.07, 6.45) is 6.11. The lowest BCUT2D eigenvalue weighted by atomic mass is 9.77. The highest BCUT2D eigenvalue weighted by molar-refractivity contribution is 4.94. The lowest BCUT2D eigenvalue weighted by molar-refractivity contribution is -0.0311. The summed E-state index contributed by atoms with van der Waals surface area (Å²) in [6, 6.07) is 1.21. The zero-order valence-electron chi connectivity index (χ0n) is 12.6. The van der Waals surface area contributed by atoms with Crippen molar-refractivity contribution >= 4 is 0 Å². The Morgan fingerprint density at radius 2 is 1.79 bits per heavy atom. The molecule has 0 amide bonds. The molecule has 2 heterocycles. The van der Waals surface area contributed by atoms with Gasteiger partial charge in [-0.05, 0) is 50.5 Å². The molecular weight excluding hydrogens is 236 g/mol. The van der Waals surface area contributed by atoms with Gasteiger partial charge in [0.15, 0.2) is 0 Å². The van der Waals surface area contributed by atoms with Crippen molar-refractivity contribution in [3.63, 3.8) is 0 Å². The normalized spacial score (nSPS) is 41.7. The summed E-state index contributed by atoms with van der Waals surface area (Å²) in [5.41, 5.74) is 0. The third kappa shape index (κ3) is 2.84. The maximum absolute atomic E-state index is 10.4. The molecule has 19 heavy (non-hydrogen) atoms. The van der Waals surface area contributed by atoms with Gasteiger partial charge in [-0.1, -0.05) is 13.8 Å². The van der Waals surface area contributed by atoms with Crippen molar-refractivity contribution < 1.29 is 5.11 Å². The molecule has 1 saturated carbocycles. The minimum Gasteiger partial charge on any atom is -0.391 e. The summed E-state index contributed by atoms with van der Waals surface area (Å²) in [7, 11) is 0. The number of hydrogen-bond donors (Lipinski definition) is 1. The smallest absolute Gasteiger partial charge is 0.0695 e. The first-order valence-corrected chi connectivity index (χ1v) is 8.31. The van der Waals surface area contributed by atoms with Crippen LogP contribution in [0.3, 0.4) is 0 Å². The summed E-state index contributed by atoms with van der Waals surface area (Å²) < 4.78 is 0. The van der Waals surface area contributed by atoms with Crippen molar-refractivity contribution in [2.75, 3.05) is 26.2 Å². The van der Waals surface area contributed by atoms with Gasteiger partial charge in [0, 0.05) is 31.7 Å². The molecule has 0 aromatic rings. The molecule has 4 unspecified atom stereocenters. The van der Waals surface area contributed by atoms with E-state index in [1.807, 2.05) is 0 Å². The second-order valence-electron chi connectivity index (χ2n) is 7.28. The SMILES string of the molecule is CC(C)C1CCC(O)C(N2CCN3CCCC3C2)C1. The number of nitrogens with zero attached hydrogens (tertiary/aromatic N) is 2. The number of rotatable bonds is 2. The van der Waals surface area contributed by atoms with Gasteiger partial charge in [-0.15, -0.1) is 0 Å². The predicted octanol–water partition coefficient (Wildman–Crippen LogP) is 1.95. The van der Waals surface area contributed by atoms with Crippen LogP contribution in [0.5, 0.6) is 0 Å². The summed E-state index contributed by atoms with van der Waals surface area (Å²) in [6.45, 7) is 9.58. The van der Waals surface area contributed by atoms with Gasteiger partial charge in [0.2, 0.25) is 0 Å². The van der Waals surface area contributed by atoms with E-state index in [0.29, 0.717) is 6.04 Å². The third-order valence-electron chi connectivity index (χ3n) is 5.85. The third-order valence-corrected chi connectivity index (χ3v) is 5.85. The minimum atomic E-state index is -0.0806. The van der Waals surface area contributed by atoms with Gasteiger partial charge in [-0.3, -0.25) is 9.80 Å². The van der Waals surface area contributed by atoms with E-state index in [9.17, 15) is 5.11 Å². The molecule has 2 aliphatic heterocycles. The van der Waals surface area contributed by atoms with Crippen LogP contribution < -0.4 is 0 Å². The van der Waals surface area contributed by atoms with Gasteiger partial charge in [-0.2, -0.15) is 0 Å². The average molecular weight is 266 g/mol. The number of fused-ring (bicyclic) bond motifs is 1. The van der Waals surface area contributed by atoms with Gasteiger partial charge in [0.25, 0.3) is 0 Å². The molecule has 3 aliphatic rings. The Morgan fingerprint density at radius 1 is 1.00 bits per heavy atom. The van der Waals surface area contributed by atoms with Crippen molar-refractivity contribution in [2.24, 2.45) is 11.8 Å². The molecule has 0 spiro atoms. The highest BCUT2D eigenvalue weighted by Crippen LogP contribution is 2.34. The molecule has 0 bridgehead atoms. The van der Waals surface area contributed by atoms with E-state index in [1.54, 1.807) is 0 Å². The van der Waals surface area contributed by atoms with E-state index in [1.165, 1.54) is 51.9 Å². The topological polar surface area (TPSA) is 26.7 Å². The Bertz CT molecular complexity index is 307. The molecule has 3 rings (SSSR count). The summed E-state index contributed by atoms with van der Waals surface area (Å²) in [5.74, 6) is 1.58. The molecule has 1 aliphatic carbocycles. The Morgan fingerprint density at radius 3 is 2.58 bits per heavy atom. The summed E-state index contributed by atoms with van der Waals surface area (Å²) in [4.78, 5) is 5.28. The molecular formula is C16H30N2O. The van der Waals surface area contributed by atoms with Crippen molar-refractivity contribution in [1.29, 1.82) is 0 Å². The number of piperazine rings is 1. The van der Waals surface area contributed by atoms with Gasteiger partial charge >= 0.3 is 0 Å². The van der Waals surface area contributed by atoms with Crippen LogP contribution in [0.25, 0.3) is 0 Å². The second kappa shape index (κ2) is 5.71. The Kier molecular flexibility index (Phi) is 4.16. The van der Waals surface area contributed by atoms with Gasteiger partial charge in [0.1, 0.15) is 0 Å². The van der Waals surface area contributed by atoms with E-state index < -0.39 is 0 Å². The van der Waals surface area contributed by atoms with Gasteiger partial charge < -0.3 is 5.11 Å². The molecule has 3 nitrogen and oxygen atoms in total. The first-order valence-electron chi connectivity index (χ1n) is 8.31. The summed E-state index contributed by atoms with van der Waals surface area (Å²) in [5, 5.41) is 10.4. The van der Waals surface area contributed by atoms with Crippen LogP contribution in [-0.4, -0.2) is 59.3 Å². The molecule has 2 saturated heterocycles. The fraction of sp³-hybridized carbons (Fsp3) is 1.00. The molecule has 0 radical (unpaired) electrons.